The fourth-order valence-corrected chi connectivity index (χ4v) is 4.79. The van der Waals surface area contributed by atoms with Crippen molar-refractivity contribution in [1.29, 1.82) is 0 Å². The summed E-state index contributed by atoms with van der Waals surface area (Å²) in [5.41, 5.74) is 0.632. The highest BCUT2D eigenvalue weighted by Crippen LogP contribution is 2.61. The maximum Gasteiger partial charge on any atom is 0.193 e. The van der Waals surface area contributed by atoms with Crippen LogP contribution in [0.15, 0.2) is 4.99 Å². The Morgan fingerprint density at radius 2 is 1.76 bits per heavy atom. The van der Waals surface area contributed by atoms with E-state index in [1.54, 1.807) is 0 Å². The largest absolute Gasteiger partial charge is 0.357 e. The Morgan fingerprint density at radius 1 is 1.10 bits per heavy atom. The van der Waals surface area contributed by atoms with Gasteiger partial charge in [-0.1, -0.05) is 12.8 Å². The van der Waals surface area contributed by atoms with Gasteiger partial charge in [0.15, 0.2) is 5.96 Å². The zero-order valence-corrected chi connectivity index (χ0v) is 13.6. The number of rotatable bonds is 4. The van der Waals surface area contributed by atoms with E-state index in [2.05, 4.69) is 17.1 Å². The molecule has 0 aromatic heterocycles. The molecule has 2 atom stereocenters. The monoisotopic (exact) mass is 289 g/mol. The summed E-state index contributed by atoms with van der Waals surface area (Å²) in [6, 6.07) is 0. The molecule has 3 aliphatic carbocycles. The molecule has 4 aliphatic rings. The Kier molecular flexibility index (Phi) is 3.63. The van der Waals surface area contributed by atoms with Crippen LogP contribution in [0.1, 0.15) is 58.3 Å². The molecule has 0 radical (unpaired) electrons. The molecule has 118 valence electrons. The van der Waals surface area contributed by atoms with E-state index in [9.17, 15) is 0 Å². The summed E-state index contributed by atoms with van der Waals surface area (Å²) in [4.78, 5) is 7.66. The summed E-state index contributed by atoms with van der Waals surface area (Å²) in [7, 11) is 0. The summed E-state index contributed by atoms with van der Waals surface area (Å²) in [6.07, 6.45) is 11.6. The van der Waals surface area contributed by atoms with Crippen LogP contribution in [0, 0.1) is 23.2 Å². The van der Waals surface area contributed by atoms with Crippen molar-refractivity contribution in [3.05, 3.63) is 0 Å². The molecule has 1 N–H and O–H groups in total. The van der Waals surface area contributed by atoms with Gasteiger partial charge in [0, 0.05) is 26.2 Å². The number of aliphatic imine (C=N–C) groups is 1. The molecule has 0 bridgehead atoms. The van der Waals surface area contributed by atoms with Gasteiger partial charge in [-0.15, -0.1) is 0 Å². The molecule has 2 unspecified atom stereocenters. The van der Waals surface area contributed by atoms with Gasteiger partial charge in [-0.2, -0.15) is 0 Å². The summed E-state index contributed by atoms with van der Waals surface area (Å²) in [6.45, 7) is 6.80. The molecule has 21 heavy (non-hydrogen) atoms. The first-order chi connectivity index (χ1) is 10.3. The molecule has 4 fully saturated rings. The summed E-state index contributed by atoms with van der Waals surface area (Å²) >= 11 is 0. The van der Waals surface area contributed by atoms with Gasteiger partial charge in [0.2, 0.25) is 0 Å². The van der Waals surface area contributed by atoms with E-state index in [0.29, 0.717) is 5.41 Å². The molecule has 4 rings (SSSR count). The second-order valence-electron chi connectivity index (χ2n) is 8.02. The van der Waals surface area contributed by atoms with Crippen molar-refractivity contribution in [3.63, 3.8) is 0 Å². The first kappa shape index (κ1) is 13.9. The number of nitrogens with one attached hydrogen (secondary N) is 1. The minimum Gasteiger partial charge on any atom is -0.357 e. The smallest absolute Gasteiger partial charge is 0.193 e. The molecule has 0 aromatic carbocycles. The lowest BCUT2D eigenvalue weighted by atomic mass is 9.82. The molecular formula is C18H31N3. The van der Waals surface area contributed by atoms with Crippen LogP contribution < -0.4 is 5.32 Å². The van der Waals surface area contributed by atoms with Crippen molar-refractivity contribution < 1.29 is 0 Å². The van der Waals surface area contributed by atoms with Crippen LogP contribution in [-0.4, -0.2) is 37.0 Å². The third-order valence-electron chi connectivity index (χ3n) is 6.49. The van der Waals surface area contributed by atoms with E-state index in [4.69, 9.17) is 4.99 Å². The van der Waals surface area contributed by atoms with E-state index >= 15 is 0 Å². The highest BCUT2D eigenvalue weighted by Gasteiger charge is 2.53. The van der Waals surface area contributed by atoms with E-state index in [0.717, 1.165) is 30.8 Å². The Balaban J connectivity index is 1.41. The van der Waals surface area contributed by atoms with Crippen LogP contribution in [0.2, 0.25) is 0 Å². The standard InChI is InChI=1S/C18H31N3/c1-2-19-17(20-13-18(9-10-18)16-7-8-16)21-11-14-5-3-4-6-15(14)12-21/h14-16H,2-13H2,1H3,(H,19,20). The van der Waals surface area contributed by atoms with Gasteiger partial charge < -0.3 is 10.2 Å². The molecule has 0 aromatic rings. The SMILES string of the molecule is CCNC(=NCC1(C2CC2)CC1)N1CC2CCCCC2C1. The second kappa shape index (κ2) is 5.48. The average molecular weight is 289 g/mol. The highest BCUT2D eigenvalue weighted by molar-refractivity contribution is 5.80. The summed E-state index contributed by atoms with van der Waals surface area (Å²) in [5, 5.41) is 3.57. The topological polar surface area (TPSA) is 27.6 Å². The molecule has 1 saturated heterocycles. The Morgan fingerprint density at radius 3 is 2.29 bits per heavy atom. The van der Waals surface area contributed by atoms with Gasteiger partial charge in [0.05, 0.1) is 0 Å². The average Bonchev–Trinajstić information content (AvgIpc) is 3.39. The van der Waals surface area contributed by atoms with Gasteiger partial charge in [-0.3, -0.25) is 4.99 Å². The van der Waals surface area contributed by atoms with E-state index in [1.165, 1.54) is 70.4 Å². The van der Waals surface area contributed by atoms with Crippen LogP contribution >= 0.6 is 0 Å². The normalized spacial score (nSPS) is 34.7. The van der Waals surface area contributed by atoms with Gasteiger partial charge in [0.25, 0.3) is 0 Å². The Hall–Kier alpha value is -0.730. The molecule has 3 nitrogen and oxygen atoms in total. The molecular weight excluding hydrogens is 258 g/mol. The highest BCUT2D eigenvalue weighted by atomic mass is 15.3. The van der Waals surface area contributed by atoms with E-state index < -0.39 is 0 Å². The molecule has 1 aliphatic heterocycles. The van der Waals surface area contributed by atoms with Crippen molar-refractivity contribution >= 4 is 5.96 Å². The number of hydrogen-bond acceptors (Lipinski definition) is 1. The fraction of sp³-hybridized carbons (Fsp3) is 0.944. The van der Waals surface area contributed by atoms with Crippen molar-refractivity contribution in [2.45, 2.75) is 58.3 Å². The molecule has 1 heterocycles. The van der Waals surface area contributed by atoms with Gasteiger partial charge in [-0.05, 0) is 68.6 Å². The minimum atomic E-state index is 0.632. The van der Waals surface area contributed by atoms with Crippen molar-refractivity contribution in [2.24, 2.45) is 28.2 Å². The lowest BCUT2D eigenvalue weighted by Crippen LogP contribution is -2.40. The predicted octanol–water partition coefficient (Wildman–Crippen LogP) is 3.26. The quantitative estimate of drug-likeness (QED) is 0.635. The lowest BCUT2D eigenvalue weighted by Gasteiger charge is -2.23. The van der Waals surface area contributed by atoms with Crippen LogP contribution in [0.25, 0.3) is 0 Å². The van der Waals surface area contributed by atoms with Crippen molar-refractivity contribution in [1.82, 2.24) is 10.2 Å². The number of guanidine groups is 1. The van der Waals surface area contributed by atoms with Crippen molar-refractivity contribution in [3.8, 4) is 0 Å². The molecule has 3 saturated carbocycles. The number of fused-ring (bicyclic) bond motifs is 1. The van der Waals surface area contributed by atoms with Gasteiger partial charge in [0.1, 0.15) is 0 Å². The number of likely N-dealkylation sites (tertiary alicyclic amines) is 1. The third-order valence-corrected chi connectivity index (χ3v) is 6.49. The zero-order valence-electron chi connectivity index (χ0n) is 13.6. The third kappa shape index (κ3) is 2.80. The first-order valence-electron chi connectivity index (χ1n) is 9.34. The Labute approximate surface area is 129 Å². The van der Waals surface area contributed by atoms with Crippen molar-refractivity contribution in [2.75, 3.05) is 26.2 Å². The maximum atomic E-state index is 5.08. The van der Waals surface area contributed by atoms with Gasteiger partial charge in [-0.25, -0.2) is 0 Å². The Bertz CT molecular complexity index is 395. The van der Waals surface area contributed by atoms with E-state index in [1.807, 2.05) is 0 Å². The zero-order chi connectivity index (χ0) is 14.3. The molecule has 0 spiro atoms. The predicted molar refractivity (Wildman–Crippen MR) is 87.4 cm³/mol. The minimum absolute atomic E-state index is 0.632. The lowest BCUT2D eigenvalue weighted by molar-refractivity contribution is 0.299. The second-order valence-corrected chi connectivity index (χ2v) is 8.02. The first-order valence-corrected chi connectivity index (χ1v) is 9.34. The number of nitrogens with zero attached hydrogens (tertiary/aromatic N) is 2. The maximum absolute atomic E-state index is 5.08. The van der Waals surface area contributed by atoms with Crippen LogP contribution in [0.5, 0.6) is 0 Å². The van der Waals surface area contributed by atoms with Gasteiger partial charge >= 0.3 is 0 Å². The summed E-state index contributed by atoms with van der Waals surface area (Å²) < 4.78 is 0. The van der Waals surface area contributed by atoms with Crippen LogP contribution in [-0.2, 0) is 0 Å². The van der Waals surface area contributed by atoms with Crippen LogP contribution in [0.4, 0.5) is 0 Å². The molecule has 3 heteroatoms. The van der Waals surface area contributed by atoms with E-state index in [-0.39, 0.29) is 0 Å². The molecule has 0 amide bonds. The summed E-state index contributed by atoms with van der Waals surface area (Å²) in [5.74, 6) is 4.13. The number of hydrogen-bond donors (Lipinski definition) is 1. The fourth-order valence-electron chi connectivity index (χ4n) is 4.79. The van der Waals surface area contributed by atoms with Crippen LogP contribution in [0.3, 0.4) is 0 Å².